The lowest BCUT2D eigenvalue weighted by Crippen LogP contribution is -2.24. The second-order valence-electron chi connectivity index (χ2n) is 4.60. The molecule has 0 aliphatic heterocycles. The number of pyridine rings is 1. The lowest BCUT2D eigenvalue weighted by Gasteiger charge is -2.16. The van der Waals surface area contributed by atoms with E-state index in [2.05, 4.69) is 22.0 Å². The number of carbonyl (C=O) groups excluding carboxylic acids is 1. The molecule has 0 unspecified atom stereocenters. The highest BCUT2D eigenvalue weighted by molar-refractivity contribution is 5.88. The number of ether oxygens (including phenoxy) is 1. The van der Waals surface area contributed by atoms with Gasteiger partial charge < -0.3 is 4.74 Å². The fraction of sp³-hybridized carbons (Fsp3) is 0.250. The number of esters is 1. The largest absolute Gasteiger partial charge is 0.461 e. The predicted octanol–water partition coefficient (Wildman–Crippen LogP) is 2.37. The van der Waals surface area contributed by atoms with Crippen LogP contribution in [0, 0.1) is 0 Å². The molecule has 0 aliphatic carbocycles. The van der Waals surface area contributed by atoms with Crippen molar-refractivity contribution in [2.24, 2.45) is 0 Å². The van der Waals surface area contributed by atoms with Gasteiger partial charge in [-0.2, -0.15) is 0 Å². The maximum Gasteiger partial charge on any atom is 0.339 e. The lowest BCUT2D eigenvalue weighted by atomic mass is 10.2. The topological polar surface area (TPSA) is 42.4 Å². The number of benzene rings is 1. The first-order valence-corrected chi connectivity index (χ1v) is 6.55. The van der Waals surface area contributed by atoms with Crippen molar-refractivity contribution < 1.29 is 9.53 Å². The van der Waals surface area contributed by atoms with Crippen molar-refractivity contribution in [3.05, 3.63) is 66.0 Å². The van der Waals surface area contributed by atoms with Crippen molar-refractivity contribution in [2.45, 2.75) is 6.54 Å². The summed E-state index contributed by atoms with van der Waals surface area (Å²) < 4.78 is 5.22. The van der Waals surface area contributed by atoms with Crippen LogP contribution in [0.25, 0.3) is 0 Å². The summed E-state index contributed by atoms with van der Waals surface area (Å²) in [6, 6.07) is 13.6. The average Bonchev–Trinajstić information content (AvgIpc) is 2.49. The van der Waals surface area contributed by atoms with Gasteiger partial charge in [-0.3, -0.25) is 9.88 Å². The zero-order chi connectivity index (χ0) is 14.2. The van der Waals surface area contributed by atoms with E-state index in [4.69, 9.17) is 4.74 Å². The monoisotopic (exact) mass is 270 g/mol. The van der Waals surface area contributed by atoms with Crippen LogP contribution in [-0.2, 0) is 11.3 Å². The zero-order valence-corrected chi connectivity index (χ0v) is 11.5. The van der Waals surface area contributed by atoms with Gasteiger partial charge in [0, 0.05) is 25.5 Å². The van der Waals surface area contributed by atoms with Gasteiger partial charge in [0.2, 0.25) is 0 Å². The smallest absolute Gasteiger partial charge is 0.339 e. The Kier molecular flexibility index (Phi) is 5.26. The van der Waals surface area contributed by atoms with Crippen molar-refractivity contribution >= 4 is 5.97 Å². The van der Waals surface area contributed by atoms with Gasteiger partial charge in [0.25, 0.3) is 0 Å². The zero-order valence-electron chi connectivity index (χ0n) is 11.5. The van der Waals surface area contributed by atoms with Gasteiger partial charge in [0.1, 0.15) is 6.61 Å². The molecule has 4 heteroatoms. The maximum atomic E-state index is 11.7. The van der Waals surface area contributed by atoms with E-state index >= 15 is 0 Å². The summed E-state index contributed by atoms with van der Waals surface area (Å²) in [5.74, 6) is -0.328. The van der Waals surface area contributed by atoms with E-state index < -0.39 is 0 Å². The molecule has 20 heavy (non-hydrogen) atoms. The summed E-state index contributed by atoms with van der Waals surface area (Å²) in [6.07, 6.45) is 3.14. The summed E-state index contributed by atoms with van der Waals surface area (Å²) in [4.78, 5) is 17.7. The molecule has 0 saturated carbocycles. The highest BCUT2D eigenvalue weighted by atomic mass is 16.5. The van der Waals surface area contributed by atoms with E-state index in [-0.39, 0.29) is 5.97 Å². The van der Waals surface area contributed by atoms with Gasteiger partial charge in [-0.25, -0.2) is 4.79 Å². The Labute approximate surface area is 119 Å². The van der Waals surface area contributed by atoms with Gasteiger partial charge in [0.05, 0.1) is 5.56 Å². The molecule has 0 aliphatic rings. The fourth-order valence-corrected chi connectivity index (χ4v) is 1.84. The Bertz CT molecular complexity index is 529. The quantitative estimate of drug-likeness (QED) is 0.756. The van der Waals surface area contributed by atoms with Crippen LogP contribution in [0.1, 0.15) is 15.9 Å². The Hall–Kier alpha value is -2.20. The van der Waals surface area contributed by atoms with Crippen LogP contribution in [-0.4, -0.2) is 36.1 Å². The van der Waals surface area contributed by atoms with Crippen LogP contribution < -0.4 is 0 Å². The number of hydrogen-bond acceptors (Lipinski definition) is 4. The third-order valence-electron chi connectivity index (χ3n) is 2.90. The van der Waals surface area contributed by atoms with Crippen molar-refractivity contribution in [1.82, 2.24) is 9.88 Å². The molecule has 0 fully saturated rings. The first-order chi connectivity index (χ1) is 9.75. The summed E-state index contributed by atoms with van der Waals surface area (Å²) in [6.45, 7) is 1.91. The molecule has 0 radical (unpaired) electrons. The highest BCUT2D eigenvalue weighted by Crippen LogP contribution is 2.03. The van der Waals surface area contributed by atoms with Crippen LogP contribution in [0.5, 0.6) is 0 Å². The molecule has 1 aromatic carbocycles. The Morgan fingerprint density at radius 2 is 2.00 bits per heavy atom. The van der Waals surface area contributed by atoms with E-state index in [9.17, 15) is 4.79 Å². The number of aromatic nitrogens is 1. The first-order valence-electron chi connectivity index (χ1n) is 6.55. The average molecular weight is 270 g/mol. The van der Waals surface area contributed by atoms with Crippen molar-refractivity contribution in [2.75, 3.05) is 20.2 Å². The normalized spacial score (nSPS) is 10.5. The summed E-state index contributed by atoms with van der Waals surface area (Å²) >= 11 is 0. The van der Waals surface area contributed by atoms with Crippen LogP contribution in [0.3, 0.4) is 0 Å². The molecule has 0 amide bonds. The predicted molar refractivity (Wildman–Crippen MR) is 77.3 cm³/mol. The van der Waals surface area contributed by atoms with Crippen LogP contribution in [0.15, 0.2) is 54.9 Å². The van der Waals surface area contributed by atoms with Gasteiger partial charge in [-0.05, 0) is 24.7 Å². The summed E-state index contributed by atoms with van der Waals surface area (Å²) in [5, 5.41) is 0. The molecule has 2 rings (SSSR count). The van der Waals surface area contributed by atoms with E-state index in [0.29, 0.717) is 18.7 Å². The molecule has 104 valence electrons. The molecular formula is C16H18N2O2. The molecule has 0 spiro atoms. The SMILES string of the molecule is CN(CCOC(=O)c1cccnc1)Cc1ccccc1. The molecule has 0 bridgehead atoms. The standard InChI is InChI=1S/C16H18N2O2/c1-18(13-14-6-3-2-4-7-14)10-11-20-16(19)15-8-5-9-17-12-15/h2-9,12H,10-11,13H2,1H3. The Morgan fingerprint density at radius 3 is 2.70 bits per heavy atom. The van der Waals surface area contributed by atoms with Crippen LogP contribution in [0.2, 0.25) is 0 Å². The molecule has 0 saturated heterocycles. The van der Waals surface area contributed by atoms with Crippen molar-refractivity contribution in [3.8, 4) is 0 Å². The lowest BCUT2D eigenvalue weighted by molar-refractivity contribution is 0.0470. The van der Waals surface area contributed by atoms with Crippen LogP contribution in [0.4, 0.5) is 0 Å². The second kappa shape index (κ2) is 7.40. The number of carbonyl (C=O) groups is 1. The fourth-order valence-electron chi connectivity index (χ4n) is 1.84. The molecule has 0 atom stereocenters. The minimum Gasteiger partial charge on any atom is -0.461 e. The van der Waals surface area contributed by atoms with E-state index in [1.165, 1.54) is 11.8 Å². The van der Waals surface area contributed by atoms with Crippen molar-refractivity contribution in [1.29, 1.82) is 0 Å². The number of likely N-dealkylation sites (N-methyl/N-ethyl adjacent to an activating group) is 1. The molecular weight excluding hydrogens is 252 g/mol. The van der Waals surface area contributed by atoms with Gasteiger partial charge in [-0.1, -0.05) is 30.3 Å². The molecule has 1 aromatic heterocycles. The number of hydrogen-bond donors (Lipinski definition) is 0. The minimum absolute atomic E-state index is 0.328. The van der Waals surface area contributed by atoms with Crippen molar-refractivity contribution in [3.63, 3.8) is 0 Å². The van der Waals surface area contributed by atoms with E-state index in [1.54, 1.807) is 18.3 Å². The number of rotatable bonds is 6. The van der Waals surface area contributed by atoms with Gasteiger partial charge >= 0.3 is 5.97 Å². The van der Waals surface area contributed by atoms with Gasteiger partial charge in [0.15, 0.2) is 0 Å². The molecule has 1 heterocycles. The maximum absolute atomic E-state index is 11.7. The van der Waals surface area contributed by atoms with E-state index in [1.807, 2.05) is 25.2 Å². The van der Waals surface area contributed by atoms with Gasteiger partial charge in [-0.15, -0.1) is 0 Å². The highest BCUT2D eigenvalue weighted by Gasteiger charge is 2.07. The first kappa shape index (κ1) is 14.2. The molecule has 4 nitrogen and oxygen atoms in total. The molecule has 0 N–H and O–H groups in total. The number of nitrogens with zero attached hydrogens (tertiary/aromatic N) is 2. The minimum atomic E-state index is -0.328. The van der Waals surface area contributed by atoms with Crippen LogP contribution >= 0.6 is 0 Å². The summed E-state index contributed by atoms with van der Waals surface area (Å²) in [7, 11) is 2.00. The second-order valence-corrected chi connectivity index (χ2v) is 4.60. The Morgan fingerprint density at radius 1 is 1.20 bits per heavy atom. The summed E-state index contributed by atoms with van der Waals surface area (Å²) in [5.41, 5.74) is 1.73. The Balaban J connectivity index is 1.72. The third kappa shape index (κ3) is 4.48. The van der Waals surface area contributed by atoms with E-state index in [0.717, 1.165) is 6.54 Å². The molecule has 2 aromatic rings. The third-order valence-corrected chi connectivity index (χ3v) is 2.90.